The van der Waals surface area contributed by atoms with Crippen LogP contribution in [0.2, 0.25) is 0 Å². The van der Waals surface area contributed by atoms with Crippen molar-refractivity contribution in [3.8, 4) is 0 Å². The number of ether oxygens (including phenoxy) is 1. The molecule has 2 saturated heterocycles. The van der Waals surface area contributed by atoms with Crippen molar-refractivity contribution in [2.24, 2.45) is 0 Å². The normalized spacial score (nSPS) is 20.1. The molecule has 2 aliphatic rings. The van der Waals surface area contributed by atoms with Crippen LogP contribution in [0.4, 0.5) is 0 Å². The van der Waals surface area contributed by atoms with Gasteiger partial charge in [-0.2, -0.15) is 0 Å². The highest BCUT2D eigenvalue weighted by atomic mass is 16.5. The Bertz CT molecular complexity index is 618. The number of carbonyl (C=O) groups is 2. The van der Waals surface area contributed by atoms with E-state index in [0.29, 0.717) is 37.4 Å². The predicted molar refractivity (Wildman–Crippen MR) is 101 cm³/mol. The van der Waals surface area contributed by atoms with E-state index in [1.807, 2.05) is 0 Å². The van der Waals surface area contributed by atoms with E-state index in [1.54, 1.807) is 22.8 Å². The molecule has 2 aliphatic heterocycles. The second kappa shape index (κ2) is 9.90. The van der Waals surface area contributed by atoms with E-state index in [0.717, 1.165) is 26.0 Å². The topological polar surface area (TPSA) is 76.2 Å². The molecule has 3 heterocycles. The summed E-state index contributed by atoms with van der Waals surface area (Å²) in [6.45, 7) is 7.56. The van der Waals surface area contributed by atoms with E-state index in [2.05, 4.69) is 5.32 Å². The van der Waals surface area contributed by atoms with Gasteiger partial charge in [0.1, 0.15) is 5.76 Å². The molecule has 1 aromatic rings. The van der Waals surface area contributed by atoms with Crippen molar-refractivity contribution >= 4 is 11.8 Å². The molecule has 0 aliphatic carbocycles. The zero-order chi connectivity index (χ0) is 19.1. The van der Waals surface area contributed by atoms with E-state index >= 15 is 0 Å². The van der Waals surface area contributed by atoms with Crippen LogP contribution in [-0.4, -0.2) is 68.7 Å². The van der Waals surface area contributed by atoms with Gasteiger partial charge in [-0.1, -0.05) is 0 Å². The fourth-order valence-electron chi connectivity index (χ4n) is 3.92. The smallest absolute Gasteiger partial charge is 0.257 e. The van der Waals surface area contributed by atoms with Gasteiger partial charge in [0.2, 0.25) is 5.91 Å². The molecule has 7 heteroatoms. The molecule has 0 saturated carbocycles. The zero-order valence-corrected chi connectivity index (χ0v) is 16.3. The lowest BCUT2D eigenvalue weighted by molar-refractivity contribution is -0.886. The van der Waals surface area contributed by atoms with Gasteiger partial charge in [-0.25, -0.2) is 0 Å². The van der Waals surface area contributed by atoms with Crippen molar-refractivity contribution in [2.75, 3.05) is 45.9 Å². The number of nitrogens with one attached hydrogen (secondary N) is 2. The van der Waals surface area contributed by atoms with Crippen LogP contribution in [0.5, 0.6) is 0 Å². The molecule has 0 spiro atoms. The summed E-state index contributed by atoms with van der Waals surface area (Å²) in [5.41, 5.74) is 0.561. The summed E-state index contributed by atoms with van der Waals surface area (Å²) in [5.74, 6) is 0.518. The SMILES string of the molecule is Cc1occc1C(=O)N(CCC(=O)NCC[NH+]1CCCC1)C[C@H]1CCCO1. The third-order valence-corrected chi connectivity index (χ3v) is 5.54. The van der Waals surface area contributed by atoms with Crippen LogP contribution in [-0.2, 0) is 9.53 Å². The Labute approximate surface area is 161 Å². The Morgan fingerprint density at radius 2 is 2.11 bits per heavy atom. The van der Waals surface area contributed by atoms with E-state index in [4.69, 9.17) is 9.15 Å². The summed E-state index contributed by atoms with van der Waals surface area (Å²) in [6, 6.07) is 1.69. The number of hydrogen-bond donors (Lipinski definition) is 2. The van der Waals surface area contributed by atoms with E-state index in [-0.39, 0.29) is 17.9 Å². The van der Waals surface area contributed by atoms with Crippen molar-refractivity contribution in [2.45, 2.75) is 45.1 Å². The molecule has 0 aromatic carbocycles. The van der Waals surface area contributed by atoms with Gasteiger partial charge >= 0.3 is 0 Å². The van der Waals surface area contributed by atoms with Crippen molar-refractivity contribution in [1.82, 2.24) is 10.2 Å². The molecule has 150 valence electrons. The molecule has 0 unspecified atom stereocenters. The average Bonchev–Trinajstić information content (AvgIpc) is 3.41. The number of likely N-dealkylation sites (tertiary alicyclic amines) is 1. The first-order valence-electron chi connectivity index (χ1n) is 10.2. The van der Waals surface area contributed by atoms with Crippen molar-refractivity contribution < 1.29 is 23.6 Å². The maximum atomic E-state index is 12.9. The number of furan rings is 1. The number of rotatable bonds is 9. The van der Waals surface area contributed by atoms with Crippen LogP contribution in [0.15, 0.2) is 16.7 Å². The van der Waals surface area contributed by atoms with Crippen LogP contribution in [0.3, 0.4) is 0 Å². The first kappa shape index (κ1) is 19.9. The summed E-state index contributed by atoms with van der Waals surface area (Å²) in [5, 5.41) is 3.00. The maximum absolute atomic E-state index is 12.9. The first-order valence-corrected chi connectivity index (χ1v) is 10.2. The van der Waals surface area contributed by atoms with Crippen LogP contribution in [0.1, 0.15) is 48.2 Å². The first-order chi connectivity index (χ1) is 13.1. The van der Waals surface area contributed by atoms with Gasteiger partial charge < -0.3 is 24.3 Å². The zero-order valence-electron chi connectivity index (χ0n) is 16.3. The summed E-state index contributed by atoms with van der Waals surface area (Å²) in [4.78, 5) is 28.4. The Hall–Kier alpha value is -1.86. The minimum atomic E-state index is -0.0916. The largest absolute Gasteiger partial charge is 0.469 e. The number of nitrogens with zero attached hydrogens (tertiary/aromatic N) is 1. The van der Waals surface area contributed by atoms with Crippen molar-refractivity contribution in [3.05, 3.63) is 23.7 Å². The van der Waals surface area contributed by atoms with Gasteiger partial charge in [-0.15, -0.1) is 0 Å². The van der Waals surface area contributed by atoms with Crippen LogP contribution < -0.4 is 10.2 Å². The molecule has 1 atom stereocenters. The molecule has 7 nitrogen and oxygen atoms in total. The lowest BCUT2D eigenvalue weighted by atomic mass is 10.1. The van der Waals surface area contributed by atoms with Gasteiger partial charge in [0.05, 0.1) is 44.1 Å². The molecular weight excluding hydrogens is 346 g/mol. The van der Waals surface area contributed by atoms with E-state index in [9.17, 15) is 9.59 Å². The minimum absolute atomic E-state index is 0.00246. The number of carbonyl (C=O) groups excluding carboxylic acids is 2. The Morgan fingerprint density at radius 3 is 2.78 bits per heavy atom. The second-order valence-corrected chi connectivity index (χ2v) is 7.58. The standard InChI is InChI=1S/C20H31N3O4/c1-16-18(7-14-26-16)20(25)23(15-17-5-4-13-27-17)11-6-19(24)21-8-12-22-9-2-3-10-22/h7,14,17H,2-6,8-13,15H2,1H3,(H,21,24)/p+1/t17-/m1/s1. The predicted octanol–water partition coefficient (Wildman–Crippen LogP) is 0.394. The number of aryl methyl sites for hydroxylation is 1. The second-order valence-electron chi connectivity index (χ2n) is 7.58. The lowest BCUT2D eigenvalue weighted by Gasteiger charge is -2.25. The molecule has 0 radical (unpaired) electrons. The van der Waals surface area contributed by atoms with Gasteiger partial charge in [0.25, 0.3) is 5.91 Å². The number of quaternary nitrogens is 1. The summed E-state index contributed by atoms with van der Waals surface area (Å²) < 4.78 is 11.0. The third-order valence-electron chi connectivity index (χ3n) is 5.54. The number of amides is 2. The van der Waals surface area contributed by atoms with Gasteiger partial charge in [-0.3, -0.25) is 9.59 Å². The highest BCUT2D eigenvalue weighted by Gasteiger charge is 2.25. The monoisotopic (exact) mass is 378 g/mol. The fraction of sp³-hybridized carbons (Fsp3) is 0.700. The molecule has 0 bridgehead atoms. The van der Waals surface area contributed by atoms with Crippen LogP contribution >= 0.6 is 0 Å². The van der Waals surface area contributed by atoms with Crippen molar-refractivity contribution in [3.63, 3.8) is 0 Å². The average molecular weight is 378 g/mol. The molecule has 2 fully saturated rings. The molecule has 27 heavy (non-hydrogen) atoms. The van der Waals surface area contributed by atoms with Gasteiger partial charge in [0.15, 0.2) is 0 Å². The third kappa shape index (κ3) is 5.81. The van der Waals surface area contributed by atoms with Crippen molar-refractivity contribution in [1.29, 1.82) is 0 Å². The summed E-state index contributed by atoms with van der Waals surface area (Å²) in [6.07, 6.45) is 6.46. The highest BCUT2D eigenvalue weighted by molar-refractivity contribution is 5.95. The van der Waals surface area contributed by atoms with Crippen LogP contribution in [0, 0.1) is 6.92 Å². The molecule has 3 rings (SSSR count). The van der Waals surface area contributed by atoms with Gasteiger partial charge in [-0.05, 0) is 25.8 Å². The minimum Gasteiger partial charge on any atom is -0.469 e. The Balaban J connectivity index is 1.48. The molecule has 2 amide bonds. The Kier molecular flexibility index (Phi) is 7.29. The maximum Gasteiger partial charge on any atom is 0.257 e. The molecule has 2 N–H and O–H groups in total. The van der Waals surface area contributed by atoms with E-state index < -0.39 is 0 Å². The van der Waals surface area contributed by atoms with Gasteiger partial charge in [0, 0.05) is 39.0 Å². The quantitative estimate of drug-likeness (QED) is 0.652. The molecule has 1 aromatic heterocycles. The summed E-state index contributed by atoms with van der Waals surface area (Å²) in [7, 11) is 0. The van der Waals surface area contributed by atoms with E-state index in [1.165, 1.54) is 32.2 Å². The molecular formula is C20H32N3O4+. The fourth-order valence-corrected chi connectivity index (χ4v) is 3.92. The van der Waals surface area contributed by atoms with Crippen LogP contribution in [0.25, 0.3) is 0 Å². The Morgan fingerprint density at radius 1 is 1.30 bits per heavy atom. The lowest BCUT2D eigenvalue weighted by Crippen LogP contribution is -3.10. The number of hydrogen-bond acceptors (Lipinski definition) is 4. The summed E-state index contributed by atoms with van der Waals surface area (Å²) >= 11 is 0. The highest BCUT2D eigenvalue weighted by Crippen LogP contribution is 2.17.